The second-order valence-corrected chi connectivity index (χ2v) is 7.89. The number of hydrogen-bond donors (Lipinski definition) is 0. The topological polar surface area (TPSA) is 48.4 Å². The van der Waals surface area contributed by atoms with Crippen LogP contribution < -0.4 is 4.90 Å². The molecule has 2 aliphatic rings. The van der Waals surface area contributed by atoms with Crippen LogP contribution in [0.25, 0.3) is 0 Å². The maximum Gasteiger partial charge on any atom is 0.132 e. The molecule has 0 spiro atoms. The molecule has 2 aromatic rings. The van der Waals surface area contributed by atoms with Crippen molar-refractivity contribution in [2.45, 2.75) is 45.3 Å². The molecule has 2 aliphatic heterocycles. The summed E-state index contributed by atoms with van der Waals surface area (Å²) in [4.78, 5) is 21.3. The van der Waals surface area contributed by atoms with E-state index in [1.54, 1.807) is 0 Å². The van der Waals surface area contributed by atoms with Gasteiger partial charge in [-0.1, -0.05) is 6.07 Å². The molecule has 2 fully saturated rings. The lowest BCUT2D eigenvalue weighted by molar-refractivity contribution is 0.230. The average molecular weight is 367 g/mol. The van der Waals surface area contributed by atoms with Gasteiger partial charge in [-0.05, 0) is 52.4 Å². The summed E-state index contributed by atoms with van der Waals surface area (Å²) >= 11 is 0. The lowest BCUT2D eigenvalue weighted by Gasteiger charge is -2.38. The summed E-state index contributed by atoms with van der Waals surface area (Å²) in [6.45, 7) is 9.56. The van der Waals surface area contributed by atoms with E-state index in [0.717, 1.165) is 49.2 Å². The number of hydrogen-bond acceptors (Lipinski definition) is 6. The first kappa shape index (κ1) is 18.3. The molecule has 4 rings (SSSR count). The number of rotatable bonds is 5. The van der Waals surface area contributed by atoms with Crippen LogP contribution in [0, 0.1) is 6.92 Å². The molecule has 2 saturated heterocycles. The fraction of sp³-hybridized carbons (Fsp3) is 0.571. The minimum atomic E-state index is 0.243. The minimum Gasteiger partial charge on any atom is -0.354 e. The van der Waals surface area contributed by atoms with Crippen molar-refractivity contribution in [1.29, 1.82) is 0 Å². The van der Waals surface area contributed by atoms with Gasteiger partial charge in [-0.2, -0.15) is 0 Å². The van der Waals surface area contributed by atoms with Gasteiger partial charge in [0.05, 0.1) is 11.4 Å². The number of anilines is 1. The highest BCUT2D eigenvalue weighted by molar-refractivity contribution is 5.41. The van der Waals surface area contributed by atoms with E-state index in [9.17, 15) is 0 Å². The highest BCUT2D eigenvalue weighted by Crippen LogP contribution is 2.25. The van der Waals surface area contributed by atoms with Gasteiger partial charge in [-0.3, -0.25) is 14.8 Å². The molecule has 144 valence electrons. The van der Waals surface area contributed by atoms with Crippen LogP contribution >= 0.6 is 0 Å². The first-order valence-corrected chi connectivity index (χ1v) is 10.0. The molecule has 6 heteroatoms. The monoisotopic (exact) mass is 366 g/mol. The molecule has 0 aromatic carbocycles. The smallest absolute Gasteiger partial charge is 0.132 e. The van der Waals surface area contributed by atoms with Crippen molar-refractivity contribution in [3.05, 3.63) is 47.7 Å². The minimum absolute atomic E-state index is 0.243. The van der Waals surface area contributed by atoms with Crippen molar-refractivity contribution in [1.82, 2.24) is 24.8 Å². The van der Waals surface area contributed by atoms with Gasteiger partial charge < -0.3 is 4.90 Å². The lowest BCUT2D eigenvalue weighted by atomic mass is 10.1. The maximum absolute atomic E-state index is 4.75. The van der Waals surface area contributed by atoms with Gasteiger partial charge in [0.1, 0.15) is 11.6 Å². The summed E-state index contributed by atoms with van der Waals surface area (Å²) in [5.41, 5.74) is 2.17. The Morgan fingerprint density at radius 3 is 2.93 bits per heavy atom. The Balaban J connectivity index is 1.47. The van der Waals surface area contributed by atoms with E-state index in [1.165, 1.54) is 19.4 Å². The van der Waals surface area contributed by atoms with Crippen molar-refractivity contribution >= 4 is 5.82 Å². The van der Waals surface area contributed by atoms with E-state index < -0.39 is 0 Å². The van der Waals surface area contributed by atoms with Crippen molar-refractivity contribution in [3.8, 4) is 0 Å². The van der Waals surface area contributed by atoms with Crippen LogP contribution in [0.15, 0.2) is 30.5 Å². The van der Waals surface area contributed by atoms with Gasteiger partial charge >= 0.3 is 0 Å². The zero-order valence-corrected chi connectivity index (χ0v) is 16.7. The third-order valence-electron chi connectivity index (χ3n) is 5.98. The summed E-state index contributed by atoms with van der Waals surface area (Å²) in [5, 5.41) is 0. The van der Waals surface area contributed by atoms with Crippen molar-refractivity contribution in [3.63, 3.8) is 0 Å². The van der Waals surface area contributed by atoms with Gasteiger partial charge in [0.15, 0.2) is 0 Å². The standard InChI is InChI=1S/C21H30N6/c1-16(20-8-4-5-9-22-20)25(3)14-18-13-21(24-17(2)23-18)27-12-11-26-10-6-7-19(26)15-27/h4-5,8-9,13,16,19H,6-7,10-12,14-15H2,1-3H3/t16-,19-/m0/s1. The molecule has 6 nitrogen and oxygen atoms in total. The van der Waals surface area contributed by atoms with Gasteiger partial charge in [0.25, 0.3) is 0 Å². The Morgan fingerprint density at radius 2 is 2.11 bits per heavy atom. The highest BCUT2D eigenvalue weighted by atomic mass is 15.3. The molecule has 0 radical (unpaired) electrons. The van der Waals surface area contributed by atoms with E-state index in [1.807, 2.05) is 25.3 Å². The van der Waals surface area contributed by atoms with Crippen molar-refractivity contribution in [2.24, 2.45) is 0 Å². The number of aromatic nitrogens is 3. The molecular formula is C21H30N6. The molecule has 0 saturated carbocycles. The molecule has 0 bridgehead atoms. The maximum atomic E-state index is 4.75. The summed E-state index contributed by atoms with van der Waals surface area (Å²) in [5.74, 6) is 1.94. The summed E-state index contributed by atoms with van der Waals surface area (Å²) in [7, 11) is 2.13. The Kier molecular flexibility index (Phi) is 5.36. The van der Waals surface area contributed by atoms with Crippen LogP contribution in [0.5, 0.6) is 0 Å². The van der Waals surface area contributed by atoms with E-state index in [0.29, 0.717) is 6.04 Å². The number of fused-ring (bicyclic) bond motifs is 1. The van der Waals surface area contributed by atoms with Crippen molar-refractivity contribution in [2.75, 3.05) is 38.1 Å². The van der Waals surface area contributed by atoms with Crippen LogP contribution in [-0.4, -0.2) is 64.0 Å². The Morgan fingerprint density at radius 1 is 1.22 bits per heavy atom. The Labute approximate surface area is 162 Å². The Hall–Kier alpha value is -2.05. The first-order valence-electron chi connectivity index (χ1n) is 10.0. The van der Waals surface area contributed by atoms with Gasteiger partial charge in [0, 0.05) is 50.5 Å². The Bertz CT molecular complexity index is 765. The zero-order chi connectivity index (χ0) is 18.8. The molecule has 4 heterocycles. The molecule has 0 aliphatic carbocycles. The number of pyridine rings is 1. The fourth-order valence-electron chi connectivity index (χ4n) is 4.30. The first-order chi connectivity index (χ1) is 13.1. The van der Waals surface area contributed by atoms with E-state index in [4.69, 9.17) is 9.97 Å². The molecule has 2 aromatic heterocycles. The third-order valence-corrected chi connectivity index (χ3v) is 5.98. The molecule has 0 unspecified atom stereocenters. The van der Waals surface area contributed by atoms with E-state index in [-0.39, 0.29) is 6.04 Å². The second kappa shape index (κ2) is 7.90. The molecule has 0 amide bonds. The number of piperazine rings is 1. The number of nitrogens with zero attached hydrogens (tertiary/aromatic N) is 6. The van der Waals surface area contributed by atoms with Crippen LogP contribution in [0.1, 0.15) is 43.0 Å². The van der Waals surface area contributed by atoms with Gasteiger partial charge in [-0.25, -0.2) is 9.97 Å². The average Bonchev–Trinajstić information content (AvgIpc) is 3.15. The number of aryl methyl sites for hydroxylation is 1. The summed E-state index contributed by atoms with van der Waals surface area (Å²) in [6.07, 6.45) is 4.51. The summed E-state index contributed by atoms with van der Waals surface area (Å²) < 4.78 is 0. The van der Waals surface area contributed by atoms with Crippen LogP contribution in [0.2, 0.25) is 0 Å². The predicted octanol–water partition coefficient (Wildman–Crippen LogP) is 2.66. The molecule has 0 N–H and O–H groups in total. The third kappa shape index (κ3) is 4.12. The van der Waals surface area contributed by atoms with E-state index >= 15 is 0 Å². The van der Waals surface area contributed by atoms with Crippen molar-refractivity contribution < 1.29 is 0 Å². The van der Waals surface area contributed by atoms with Gasteiger partial charge in [0.2, 0.25) is 0 Å². The second-order valence-electron chi connectivity index (χ2n) is 7.89. The SMILES string of the molecule is Cc1nc(CN(C)[C@@H](C)c2ccccn2)cc(N2CCN3CCC[C@H]3C2)n1. The van der Waals surface area contributed by atoms with Crippen LogP contribution in [-0.2, 0) is 6.54 Å². The van der Waals surface area contributed by atoms with Crippen LogP contribution in [0.4, 0.5) is 5.82 Å². The van der Waals surface area contributed by atoms with E-state index in [2.05, 4.69) is 45.8 Å². The molecule has 27 heavy (non-hydrogen) atoms. The highest BCUT2D eigenvalue weighted by Gasteiger charge is 2.31. The predicted molar refractivity (Wildman–Crippen MR) is 108 cm³/mol. The van der Waals surface area contributed by atoms with Gasteiger partial charge in [-0.15, -0.1) is 0 Å². The lowest BCUT2D eigenvalue weighted by Crippen LogP contribution is -2.50. The quantitative estimate of drug-likeness (QED) is 0.811. The molecule has 2 atom stereocenters. The normalized spacial score (nSPS) is 21.5. The summed E-state index contributed by atoms with van der Waals surface area (Å²) in [6, 6.07) is 9.21. The fourth-order valence-corrected chi connectivity index (χ4v) is 4.30. The molecular weight excluding hydrogens is 336 g/mol. The van der Waals surface area contributed by atoms with Crippen LogP contribution in [0.3, 0.4) is 0 Å². The zero-order valence-electron chi connectivity index (χ0n) is 16.7. The largest absolute Gasteiger partial charge is 0.354 e.